The summed E-state index contributed by atoms with van der Waals surface area (Å²) in [5.41, 5.74) is 2.33. The van der Waals surface area contributed by atoms with Crippen LogP contribution in [0.5, 0.6) is 0 Å². The standard InChI is InChI=1S/C14H22N2O2/c1-13(2,3)10-7-11(14(4,5)6)9-12(8-10)16(18)15-17/h7-9,17H,1-6H3/b16-15-. The van der Waals surface area contributed by atoms with Crippen molar-refractivity contribution >= 4 is 5.69 Å². The van der Waals surface area contributed by atoms with Crippen LogP contribution in [-0.2, 0) is 10.8 Å². The Hall–Kier alpha value is -1.58. The lowest BCUT2D eigenvalue weighted by atomic mass is 9.80. The summed E-state index contributed by atoms with van der Waals surface area (Å²) in [5.74, 6) is 0. The minimum Gasteiger partial charge on any atom is -0.592 e. The van der Waals surface area contributed by atoms with Gasteiger partial charge in [0.2, 0.25) is 11.0 Å². The van der Waals surface area contributed by atoms with E-state index in [1.165, 1.54) is 0 Å². The Balaban J connectivity index is 3.49. The molecule has 1 N–H and O–H groups in total. The van der Waals surface area contributed by atoms with E-state index in [1.54, 1.807) is 12.1 Å². The van der Waals surface area contributed by atoms with E-state index in [0.717, 1.165) is 11.1 Å². The van der Waals surface area contributed by atoms with Gasteiger partial charge in [-0.3, -0.25) is 0 Å². The number of rotatable bonds is 1. The Morgan fingerprint density at radius 2 is 1.33 bits per heavy atom. The van der Waals surface area contributed by atoms with E-state index in [2.05, 4.69) is 52.9 Å². The van der Waals surface area contributed by atoms with E-state index in [9.17, 15) is 5.21 Å². The highest BCUT2D eigenvalue weighted by Crippen LogP contribution is 2.32. The first-order valence-electron chi connectivity index (χ1n) is 6.04. The van der Waals surface area contributed by atoms with Gasteiger partial charge in [-0.15, -0.1) is 0 Å². The largest absolute Gasteiger partial charge is 0.592 e. The number of nitrogens with zero attached hydrogens (tertiary/aromatic N) is 2. The number of hydrogen-bond donors (Lipinski definition) is 1. The molecule has 0 heterocycles. The van der Waals surface area contributed by atoms with Crippen LogP contribution in [0.3, 0.4) is 0 Å². The maximum Gasteiger partial charge on any atom is 0.248 e. The predicted octanol–water partition coefficient (Wildman–Crippen LogP) is 4.26. The third-order valence-electron chi connectivity index (χ3n) is 2.95. The Morgan fingerprint density at radius 3 is 1.61 bits per heavy atom. The van der Waals surface area contributed by atoms with Crippen molar-refractivity contribution in [2.45, 2.75) is 52.4 Å². The molecule has 0 unspecified atom stereocenters. The Bertz CT molecular complexity index is 433. The minimum atomic E-state index is -0.0632. The molecule has 100 valence electrons. The van der Waals surface area contributed by atoms with Crippen molar-refractivity contribution in [3.63, 3.8) is 0 Å². The average molecular weight is 250 g/mol. The zero-order chi connectivity index (χ0) is 14.1. The highest BCUT2D eigenvalue weighted by molar-refractivity contribution is 5.44. The van der Waals surface area contributed by atoms with E-state index in [1.807, 2.05) is 0 Å². The monoisotopic (exact) mass is 250 g/mol. The fraction of sp³-hybridized carbons (Fsp3) is 0.571. The summed E-state index contributed by atoms with van der Waals surface area (Å²) in [7, 11) is 0. The predicted molar refractivity (Wildman–Crippen MR) is 71.3 cm³/mol. The van der Waals surface area contributed by atoms with Gasteiger partial charge >= 0.3 is 0 Å². The first kappa shape index (κ1) is 14.5. The van der Waals surface area contributed by atoms with E-state index in [4.69, 9.17) is 5.21 Å². The molecular formula is C14H22N2O2. The lowest BCUT2D eigenvalue weighted by molar-refractivity contribution is -0.474. The topological polar surface area (TPSA) is 58.7 Å². The van der Waals surface area contributed by atoms with E-state index in [0.29, 0.717) is 5.69 Å². The summed E-state index contributed by atoms with van der Waals surface area (Å²) in [6.07, 6.45) is 0. The van der Waals surface area contributed by atoms with Crippen LogP contribution in [0.1, 0.15) is 52.7 Å². The molecule has 0 aliphatic rings. The summed E-state index contributed by atoms with van der Waals surface area (Å²) in [4.78, 5) is 0.241. The molecule has 0 saturated heterocycles. The molecule has 0 spiro atoms. The first-order chi connectivity index (χ1) is 8.05. The van der Waals surface area contributed by atoms with Gasteiger partial charge in [0.15, 0.2) is 0 Å². The Kier molecular flexibility index (Phi) is 3.70. The van der Waals surface area contributed by atoms with Gasteiger partial charge in [-0.25, -0.2) is 0 Å². The molecule has 0 atom stereocenters. The highest BCUT2D eigenvalue weighted by atomic mass is 16.6. The summed E-state index contributed by atoms with van der Waals surface area (Å²) in [6, 6.07) is 5.64. The molecule has 0 radical (unpaired) electrons. The van der Waals surface area contributed by atoms with Crippen molar-refractivity contribution in [1.82, 2.24) is 0 Å². The molecule has 0 amide bonds. The fourth-order valence-corrected chi connectivity index (χ4v) is 1.64. The summed E-state index contributed by atoms with van der Waals surface area (Å²) in [5, 5.41) is 22.8. The molecule has 1 aromatic rings. The minimum absolute atomic E-state index is 0.0632. The fourth-order valence-electron chi connectivity index (χ4n) is 1.64. The van der Waals surface area contributed by atoms with Crippen molar-refractivity contribution in [1.29, 1.82) is 0 Å². The van der Waals surface area contributed by atoms with Crippen molar-refractivity contribution < 1.29 is 10.1 Å². The zero-order valence-corrected chi connectivity index (χ0v) is 12.0. The van der Waals surface area contributed by atoms with E-state index < -0.39 is 0 Å². The second-order valence-corrected chi connectivity index (χ2v) is 6.63. The summed E-state index contributed by atoms with van der Waals surface area (Å²) >= 11 is 0. The van der Waals surface area contributed by atoms with Gasteiger partial charge < -0.3 is 10.4 Å². The van der Waals surface area contributed by atoms with Crippen LogP contribution in [0.2, 0.25) is 0 Å². The van der Waals surface area contributed by atoms with E-state index >= 15 is 0 Å². The maximum atomic E-state index is 11.5. The molecule has 0 aliphatic heterocycles. The average Bonchev–Trinajstić information content (AvgIpc) is 2.25. The smallest absolute Gasteiger partial charge is 0.248 e. The molecule has 0 bridgehead atoms. The third-order valence-corrected chi connectivity index (χ3v) is 2.95. The van der Waals surface area contributed by atoms with Crippen LogP contribution in [0.25, 0.3) is 0 Å². The van der Waals surface area contributed by atoms with Crippen molar-refractivity contribution in [3.05, 3.63) is 34.5 Å². The van der Waals surface area contributed by atoms with Gasteiger partial charge in [0.05, 0.1) is 0 Å². The zero-order valence-electron chi connectivity index (χ0n) is 12.0. The Morgan fingerprint density at radius 1 is 0.944 bits per heavy atom. The molecule has 1 aromatic carbocycles. The van der Waals surface area contributed by atoms with Crippen LogP contribution in [0.4, 0.5) is 5.69 Å². The van der Waals surface area contributed by atoms with E-state index in [-0.39, 0.29) is 15.7 Å². The van der Waals surface area contributed by atoms with Gasteiger partial charge in [-0.2, -0.15) is 0 Å². The lowest BCUT2D eigenvalue weighted by Crippen LogP contribution is -2.16. The maximum absolute atomic E-state index is 11.5. The van der Waals surface area contributed by atoms with Crippen LogP contribution in [-0.4, -0.2) is 10.1 Å². The lowest BCUT2D eigenvalue weighted by Gasteiger charge is -2.24. The molecule has 0 fully saturated rings. The van der Waals surface area contributed by atoms with Crippen molar-refractivity contribution in [3.8, 4) is 0 Å². The van der Waals surface area contributed by atoms with Gasteiger partial charge in [-0.05, 0) is 26.8 Å². The van der Waals surface area contributed by atoms with Gasteiger partial charge in [0, 0.05) is 12.1 Å². The van der Waals surface area contributed by atoms with Gasteiger partial charge in [0.25, 0.3) is 0 Å². The summed E-state index contributed by atoms with van der Waals surface area (Å²) < 4.78 is 0. The Labute approximate surface area is 109 Å². The molecule has 4 nitrogen and oxygen atoms in total. The molecule has 4 heteroatoms. The van der Waals surface area contributed by atoms with Gasteiger partial charge in [0.1, 0.15) is 0 Å². The number of benzene rings is 1. The molecule has 0 aliphatic carbocycles. The second kappa shape index (κ2) is 4.59. The van der Waals surface area contributed by atoms with Crippen molar-refractivity contribution in [2.75, 3.05) is 0 Å². The van der Waals surface area contributed by atoms with Crippen LogP contribution in [0, 0.1) is 5.21 Å². The SMILES string of the molecule is CC(C)(C)c1cc(/[N+]([O-])=N/O)cc(C(C)(C)C)c1. The van der Waals surface area contributed by atoms with Crippen LogP contribution < -0.4 is 0 Å². The molecule has 18 heavy (non-hydrogen) atoms. The molecule has 1 rings (SSSR count). The van der Waals surface area contributed by atoms with Crippen LogP contribution in [0.15, 0.2) is 23.5 Å². The highest BCUT2D eigenvalue weighted by Gasteiger charge is 2.23. The normalized spacial score (nSPS) is 13.8. The molecule has 0 saturated carbocycles. The quantitative estimate of drug-likeness (QED) is 0.460. The first-order valence-corrected chi connectivity index (χ1v) is 6.04. The second-order valence-electron chi connectivity index (χ2n) is 6.63. The molecular weight excluding hydrogens is 228 g/mol. The third kappa shape index (κ3) is 3.22. The van der Waals surface area contributed by atoms with Crippen LogP contribution >= 0.6 is 0 Å². The molecule has 0 aromatic heterocycles. The van der Waals surface area contributed by atoms with Crippen molar-refractivity contribution in [2.24, 2.45) is 5.28 Å². The summed E-state index contributed by atoms with van der Waals surface area (Å²) in [6.45, 7) is 12.5. The van der Waals surface area contributed by atoms with Gasteiger partial charge in [-0.1, -0.05) is 47.6 Å². The number of hydrogen-bond acceptors (Lipinski definition) is 2.